The van der Waals surface area contributed by atoms with Gasteiger partial charge in [-0.05, 0) is 27.2 Å². The van der Waals surface area contributed by atoms with E-state index in [1.54, 1.807) is 20.8 Å². The maximum absolute atomic E-state index is 11.7. The highest BCUT2D eigenvalue weighted by Gasteiger charge is 2.17. The molecule has 1 atom stereocenters. The van der Waals surface area contributed by atoms with Gasteiger partial charge in [0.15, 0.2) is 0 Å². The molecule has 1 unspecified atom stereocenters. The highest BCUT2D eigenvalue weighted by molar-refractivity contribution is 5.88. The van der Waals surface area contributed by atoms with Gasteiger partial charge < -0.3 is 20.5 Å². The third-order valence-corrected chi connectivity index (χ3v) is 2.72. The maximum atomic E-state index is 11.7. The molecular formula is C16H28N2O4. The number of carbonyl (C=O) groups is 2. The minimum absolute atomic E-state index is 0.0706. The molecule has 0 heterocycles. The monoisotopic (exact) mass is 312 g/mol. The molecule has 0 saturated heterocycles. The number of carbonyl (C=O) groups excluding carboxylic acids is 2. The van der Waals surface area contributed by atoms with Crippen molar-refractivity contribution < 1.29 is 19.1 Å². The summed E-state index contributed by atoms with van der Waals surface area (Å²) in [7, 11) is 0. The lowest BCUT2D eigenvalue weighted by molar-refractivity contribution is -0.141. The summed E-state index contributed by atoms with van der Waals surface area (Å²) in [5.74, 6) is -0.913. The van der Waals surface area contributed by atoms with Gasteiger partial charge >= 0.3 is 11.9 Å². The largest absolute Gasteiger partial charge is 0.461 e. The van der Waals surface area contributed by atoms with Crippen LogP contribution in [0.5, 0.6) is 0 Å². The predicted molar refractivity (Wildman–Crippen MR) is 86.2 cm³/mol. The molecule has 0 amide bonds. The third kappa shape index (κ3) is 9.31. The fraction of sp³-hybridized carbons (Fsp3) is 0.625. The predicted octanol–water partition coefficient (Wildman–Crippen LogP) is 1.31. The molecule has 0 aliphatic carbocycles. The number of hydrogen-bond acceptors (Lipinski definition) is 6. The number of nitrogens with one attached hydrogen (secondary N) is 1. The van der Waals surface area contributed by atoms with Gasteiger partial charge in [-0.25, -0.2) is 9.59 Å². The summed E-state index contributed by atoms with van der Waals surface area (Å²) >= 11 is 0. The van der Waals surface area contributed by atoms with Crippen molar-refractivity contribution in [3.05, 3.63) is 24.3 Å². The summed E-state index contributed by atoms with van der Waals surface area (Å²) in [6.07, 6.45) is 0.738. The first-order valence-corrected chi connectivity index (χ1v) is 7.26. The Morgan fingerprint density at radius 2 is 1.82 bits per heavy atom. The molecule has 0 aliphatic rings. The molecule has 0 aromatic heterocycles. The number of ether oxygens (including phenoxy) is 2. The second kappa shape index (κ2) is 9.38. The van der Waals surface area contributed by atoms with Gasteiger partial charge in [-0.1, -0.05) is 20.1 Å². The molecule has 0 saturated carbocycles. The summed E-state index contributed by atoms with van der Waals surface area (Å²) in [6, 6.07) is -0.0706. The second-order valence-corrected chi connectivity index (χ2v) is 6.03. The van der Waals surface area contributed by atoms with Gasteiger partial charge in [0, 0.05) is 29.3 Å². The van der Waals surface area contributed by atoms with Crippen LogP contribution in [0.25, 0.3) is 0 Å². The Labute approximate surface area is 132 Å². The van der Waals surface area contributed by atoms with Gasteiger partial charge in [-0.15, -0.1) is 0 Å². The minimum Gasteiger partial charge on any atom is -0.461 e. The topological polar surface area (TPSA) is 90.6 Å². The molecule has 0 spiro atoms. The standard InChI is InChI=1S/C16H28N2O4/c1-7-13(9-21-14(19)11(2)3)18-8-12(4)15(20)22-10-16(5,6)17/h13,18H,2,4,7-10,17H2,1,3,5-6H3. The third-order valence-electron chi connectivity index (χ3n) is 2.72. The molecule has 126 valence electrons. The van der Waals surface area contributed by atoms with Crippen molar-refractivity contribution in [1.82, 2.24) is 5.32 Å². The summed E-state index contributed by atoms with van der Waals surface area (Å²) in [5, 5.41) is 3.10. The van der Waals surface area contributed by atoms with Gasteiger partial charge in [0.05, 0.1) is 0 Å². The van der Waals surface area contributed by atoms with E-state index in [2.05, 4.69) is 18.5 Å². The molecular weight excluding hydrogens is 284 g/mol. The van der Waals surface area contributed by atoms with Crippen molar-refractivity contribution in [3.8, 4) is 0 Å². The van der Waals surface area contributed by atoms with Crippen molar-refractivity contribution in [3.63, 3.8) is 0 Å². The van der Waals surface area contributed by atoms with Gasteiger partial charge in [0.1, 0.15) is 13.2 Å². The van der Waals surface area contributed by atoms with Crippen molar-refractivity contribution in [2.45, 2.75) is 45.7 Å². The van der Waals surface area contributed by atoms with Crippen LogP contribution in [0.15, 0.2) is 24.3 Å². The van der Waals surface area contributed by atoms with Crippen LogP contribution in [0.1, 0.15) is 34.1 Å². The summed E-state index contributed by atoms with van der Waals surface area (Å²) < 4.78 is 10.1. The first-order chi connectivity index (χ1) is 10.1. The molecule has 0 fully saturated rings. The molecule has 0 aromatic rings. The first-order valence-electron chi connectivity index (χ1n) is 7.26. The Kier molecular flexibility index (Phi) is 8.67. The van der Waals surface area contributed by atoms with E-state index in [9.17, 15) is 9.59 Å². The van der Waals surface area contributed by atoms with E-state index in [1.165, 1.54) is 0 Å². The second-order valence-electron chi connectivity index (χ2n) is 6.03. The van der Waals surface area contributed by atoms with Crippen LogP contribution in [0.3, 0.4) is 0 Å². The Morgan fingerprint density at radius 3 is 2.27 bits per heavy atom. The van der Waals surface area contributed by atoms with E-state index in [1.807, 2.05) is 6.92 Å². The highest BCUT2D eigenvalue weighted by atomic mass is 16.5. The molecule has 0 bridgehead atoms. The van der Waals surface area contributed by atoms with Crippen LogP contribution in [0.2, 0.25) is 0 Å². The molecule has 3 N–H and O–H groups in total. The van der Waals surface area contributed by atoms with Gasteiger partial charge in [0.2, 0.25) is 0 Å². The first kappa shape index (κ1) is 20.3. The number of nitrogens with two attached hydrogens (primary N) is 1. The fourth-order valence-corrected chi connectivity index (χ4v) is 1.31. The van der Waals surface area contributed by atoms with Crippen LogP contribution in [-0.4, -0.2) is 43.3 Å². The van der Waals surface area contributed by atoms with Gasteiger partial charge in [0.25, 0.3) is 0 Å². The number of hydrogen-bond donors (Lipinski definition) is 2. The van der Waals surface area contributed by atoms with E-state index in [-0.39, 0.29) is 25.8 Å². The molecule has 0 radical (unpaired) electrons. The van der Waals surface area contributed by atoms with E-state index in [0.29, 0.717) is 11.1 Å². The highest BCUT2D eigenvalue weighted by Crippen LogP contribution is 2.02. The molecule has 6 heteroatoms. The van der Waals surface area contributed by atoms with Crippen LogP contribution in [0.4, 0.5) is 0 Å². The summed E-state index contributed by atoms with van der Waals surface area (Å²) in [6.45, 7) is 14.9. The Bertz CT molecular complexity index is 424. The van der Waals surface area contributed by atoms with Crippen molar-refractivity contribution in [2.24, 2.45) is 5.73 Å². The van der Waals surface area contributed by atoms with Crippen LogP contribution >= 0.6 is 0 Å². The van der Waals surface area contributed by atoms with E-state index >= 15 is 0 Å². The molecule has 0 aliphatic heterocycles. The molecule has 22 heavy (non-hydrogen) atoms. The average molecular weight is 312 g/mol. The van der Waals surface area contributed by atoms with Gasteiger partial charge in [-0.3, -0.25) is 0 Å². The lowest BCUT2D eigenvalue weighted by atomic mass is 10.1. The molecule has 0 rings (SSSR count). The number of esters is 2. The SMILES string of the molecule is C=C(C)C(=O)OCC(CC)NCC(=C)C(=O)OCC(C)(C)N. The van der Waals surface area contributed by atoms with Gasteiger partial charge in [-0.2, -0.15) is 0 Å². The van der Waals surface area contributed by atoms with Crippen molar-refractivity contribution >= 4 is 11.9 Å². The minimum atomic E-state index is -0.577. The number of rotatable bonds is 10. The van der Waals surface area contributed by atoms with Crippen LogP contribution < -0.4 is 11.1 Å². The zero-order valence-electron chi connectivity index (χ0n) is 14.0. The van der Waals surface area contributed by atoms with Crippen molar-refractivity contribution in [2.75, 3.05) is 19.8 Å². The zero-order chi connectivity index (χ0) is 17.3. The maximum Gasteiger partial charge on any atom is 0.334 e. The van der Waals surface area contributed by atoms with Crippen LogP contribution in [-0.2, 0) is 19.1 Å². The molecule has 6 nitrogen and oxygen atoms in total. The fourth-order valence-electron chi connectivity index (χ4n) is 1.31. The Hall–Kier alpha value is -1.66. The zero-order valence-corrected chi connectivity index (χ0v) is 14.0. The average Bonchev–Trinajstić information content (AvgIpc) is 2.43. The summed E-state index contributed by atoms with van der Waals surface area (Å²) in [4.78, 5) is 23.1. The van der Waals surface area contributed by atoms with E-state index in [0.717, 1.165) is 6.42 Å². The van der Waals surface area contributed by atoms with E-state index in [4.69, 9.17) is 15.2 Å². The smallest absolute Gasteiger partial charge is 0.334 e. The normalized spacial score (nSPS) is 12.4. The van der Waals surface area contributed by atoms with Crippen molar-refractivity contribution in [1.29, 1.82) is 0 Å². The lowest BCUT2D eigenvalue weighted by Gasteiger charge is -2.20. The molecule has 0 aromatic carbocycles. The Morgan fingerprint density at radius 1 is 1.23 bits per heavy atom. The van der Waals surface area contributed by atoms with Crippen LogP contribution in [0, 0.1) is 0 Å². The Balaban J connectivity index is 4.16. The quantitative estimate of drug-likeness (QED) is 0.467. The summed E-state index contributed by atoms with van der Waals surface area (Å²) in [5.41, 5.74) is 5.82. The van der Waals surface area contributed by atoms with E-state index < -0.39 is 17.5 Å². The lowest BCUT2D eigenvalue weighted by Crippen LogP contribution is -2.39.